The van der Waals surface area contributed by atoms with Crippen LogP contribution in [0.2, 0.25) is 0 Å². The lowest BCUT2D eigenvalue weighted by Crippen LogP contribution is -2.13. The van der Waals surface area contributed by atoms with Crippen molar-refractivity contribution in [3.63, 3.8) is 0 Å². The fraction of sp³-hybridized carbons (Fsp3) is 0.455. The fourth-order valence-electron chi connectivity index (χ4n) is 1.10. The largest absolute Gasteiger partial charge is 0.389 e. The van der Waals surface area contributed by atoms with Crippen molar-refractivity contribution >= 4 is 23.0 Å². The van der Waals surface area contributed by atoms with Crippen molar-refractivity contribution in [2.24, 2.45) is 11.7 Å². The molecule has 0 bridgehead atoms. The summed E-state index contributed by atoms with van der Waals surface area (Å²) in [7, 11) is 0. The summed E-state index contributed by atoms with van der Waals surface area (Å²) in [5, 5.41) is 3.26. The van der Waals surface area contributed by atoms with Gasteiger partial charge in [-0.3, -0.25) is 0 Å². The third-order valence-corrected chi connectivity index (χ3v) is 2.61. The molecule has 0 amide bonds. The van der Waals surface area contributed by atoms with E-state index in [-0.39, 0.29) is 0 Å². The Morgan fingerprint density at radius 3 is 3.00 bits per heavy atom. The smallest absolute Gasteiger partial charge is 0.126 e. The van der Waals surface area contributed by atoms with E-state index in [0.29, 0.717) is 10.9 Å². The molecule has 0 aliphatic heterocycles. The van der Waals surface area contributed by atoms with Crippen LogP contribution in [-0.2, 0) is 0 Å². The molecular formula is C11H17N3S. The van der Waals surface area contributed by atoms with Crippen LogP contribution in [0.5, 0.6) is 0 Å². The molecule has 0 aromatic carbocycles. The summed E-state index contributed by atoms with van der Waals surface area (Å²) in [6, 6.07) is 3.70. The summed E-state index contributed by atoms with van der Waals surface area (Å²) in [4.78, 5) is 4.61. The molecule has 1 heterocycles. The number of hydrogen-bond acceptors (Lipinski definition) is 3. The second kappa shape index (κ2) is 5.66. The molecule has 1 atom stereocenters. The monoisotopic (exact) mass is 223 g/mol. The number of nitrogens with two attached hydrogens (primary N) is 1. The second-order valence-electron chi connectivity index (χ2n) is 3.69. The van der Waals surface area contributed by atoms with Crippen molar-refractivity contribution < 1.29 is 0 Å². The summed E-state index contributed by atoms with van der Waals surface area (Å²) in [6.07, 6.45) is 2.87. The number of thiocarbonyl (C=S) groups is 1. The molecule has 0 saturated carbocycles. The quantitative estimate of drug-likeness (QED) is 0.751. The van der Waals surface area contributed by atoms with E-state index in [1.165, 1.54) is 0 Å². The predicted molar refractivity (Wildman–Crippen MR) is 68.1 cm³/mol. The minimum Gasteiger partial charge on any atom is -0.389 e. The van der Waals surface area contributed by atoms with Gasteiger partial charge in [-0.25, -0.2) is 4.98 Å². The third-order valence-electron chi connectivity index (χ3n) is 2.37. The van der Waals surface area contributed by atoms with Crippen LogP contribution in [0.25, 0.3) is 0 Å². The molecule has 15 heavy (non-hydrogen) atoms. The van der Waals surface area contributed by atoms with Crippen molar-refractivity contribution in [2.75, 3.05) is 11.9 Å². The van der Waals surface area contributed by atoms with E-state index in [4.69, 9.17) is 18.0 Å². The Labute approximate surface area is 96.1 Å². The van der Waals surface area contributed by atoms with Crippen LogP contribution in [-0.4, -0.2) is 16.5 Å². The second-order valence-corrected chi connectivity index (χ2v) is 4.13. The molecule has 3 nitrogen and oxygen atoms in total. The summed E-state index contributed by atoms with van der Waals surface area (Å²) in [5.41, 5.74) is 6.39. The van der Waals surface area contributed by atoms with E-state index < -0.39 is 0 Å². The lowest BCUT2D eigenvalue weighted by atomic mass is 10.1. The van der Waals surface area contributed by atoms with Gasteiger partial charge in [-0.05, 0) is 18.1 Å². The summed E-state index contributed by atoms with van der Waals surface area (Å²) in [6.45, 7) is 5.29. The van der Waals surface area contributed by atoms with Crippen molar-refractivity contribution in [3.8, 4) is 0 Å². The number of aromatic nitrogens is 1. The molecule has 1 aromatic rings. The van der Waals surface area contributed by atoms with Crippen molar-refractivity contribution in [2.45, 2.75) is 20.3 Å². The Hall–Kier alpha value is -1.16. The average molecular weight is 223 g/mol. The zero-order chi connectivity index (χ0) is 11.3. The first-order valence-corrected chi connectivity index (χ1v) is 5.54. The van der Waals surface area contributed by atoms with Crippen LogP contribution in [0.1, 0.15) is 25.8 Å². The Bertz CT molecular complexity index is 338. The van der Waals surface area contributed by atoms with E-state index >= 15 is 0 Å². The van der Waals surface area contributed by atoms with E-state index in [1.54, 1.807) is 6.20 Å². The van der Waals surface area contributed by atoms with Crippen molar-refractivity contribution in [3.05, 3.63) is 23.9 Å². The summed E-state index contributed by atoms with van der Waals surface area (Å²) < 4.78 is 0. The molecule has 1 rings (SSSR count). The summed E-state index contributed by atoms with van der Waals surface area (Å²) in [5.74, 6) is 1.47. The van der Waals surface area contributed by atoms with Gasteiger partial charge in [-0.15, -0.1) is 0 Å². The van der Waals surface area contributed by atoms with Crippen LogP contribution in [0, 0.1) is 5.92 Å². The topological polar surface area (TPSA) is 50.9 Å². The number of nitrogens with one attached hydrogen (secondary N) is 1. The lowest BCUT2D eigenvalue weighted by Gasteiger charge is -2.11. The highest BCUT2D eigenvalue weighted by molar-refractivity contribution is 7.80. The van der Waals surface area contributed by atoms with Crippen molar-refractivity contribution in [1.29, 1.82) is 0 Å². The Morgan fingerprint density at radius 1 is 1.67 bits per heavy atom. The Balaban J connectivity index is 2.62. The normalized spacial score (nSPS) is 12.1. The highest BCUT2D eigenvalue weighted by Crippen LogP contribution is 2.08. The molecule has 1 unspecified atom stereocenters. The maximum Gasteiger partial charge on any atom is 0.126 e. The van der Waals surface area contributed by atoms with E-state index in [2.05, 4.69) is 24.1 Å². The first-order chi connectivity index (χ1) is 7.13. The van der Waals surface area contributed by atoms with Gasteiger partial charge in [0.15, 0.2) is 0 Å². The van der Waals surface area contributed by atoms with Gasteiger partial charge in [0.1, 0.15) is 10.8 Å². The highest BCUT2D eigenvalue weighted by atomic mass is 32.1. The molecule has 0 radical (unpaired) electrons. The molecule has 0 saturated heterocycles. The average Bonchev–Trinajstić information content (AvgIpc) is 2.26. The molecule has 0 spiro atoms. The fourth-order valence-corrected chi connectivity index (χ4v) is 1.23. The summed E-state index contributed by atoms with van der Waals surface area (Å²) >= 11 is 4.90. The van der Waals surface area contributed by atoms with E-state index in [9.17, 15) is 0 Å². The van der Waals surface area contributed by atoms with Crippen molar-refractivity contribution in [1.82, 2.24) is 4.98 Å². The SMILES string of the molecule is CCC(C)CNc1cc(C(N)=S)ccn1. The molecule has 4 heteroatoms. The van der Waals surface area contributed by atoms with E-state index in [1.807, 2.05) is 12.1 Å². The molecule has 82 valence electrons. The van der Waals surface area contributed by atoms with E-state index in [0.717, 1.165) is 24.3 Å². The molecular weight excluding hydrogens is 206 g/mol. The van der Waals surface area contributed by atoms with Gasteiger partial charge in [0, 0.05) is 18.3 Å². The van der Waals surface area contributed by atoms with Crippen LogP contribution < -0.4 is 11.1 Å². The van der Waals surface area contributed by atoms with Crippen LogP contribution in [0.15, 0.2) is 18.3 Å². The molecule has 0 aliphatic carbocycles. The van der Waals surface area contributed by atoms with Gasteiger partial charge in [0.2, 0.25) is 0 Å². The van der Waals surface area contributed by atoms with Crippen LogP contribution in [0.3, 0.4) is 0 Å². The van der Waals surface area contributed by atoms with Gasteiger partial charge in [0.25, 0.3) is 0 Å². The Morgan fingerprint density at radius 2 is 2.40 bits per heavy atom. The maximum atomic E-state index is 5.54. The van der Waals surface area contributed by atoms with Gasteiger partial charge in [-0.1, -0.05) is 32.5 Å². The molecule has 3 N–H and O–H groups in total. The number of anilines is 1. The van der Waals surface area contributed by atoms with Gasteiger partial charge in [-0.2, -0.15) is 0 Å². The first-order valence-electron chi connectivity index (χ1n) is 5.13. The molecule has 0 fully saturated rings. The van der Waals surface area contributed by atoms with Crippen LogP contribution in [0.4, 0.5) is 5.82 Å². The minimum atomic E-state index is 0.406. The zero-order valence-corrected chi connectivity index (χ0v) is 9.97. The lowest BCUT2D eigenvalue weighted by molar-refractivity contribution is 0.592. The van der Waals surface area contributed by atoms with Crippen LogP contribution >= 0.6 is 12.2 Å². The van der Waals surface area contributed by atoms with Gasteiger partial charge in [0.05, 0.1) is 0 Å². The molecule has 1 aromatic heterocycles. The highest BCUT2D eigenvalue weighted by Gasteiger charge is 2.01. The number of rotatable bonds is 5. The first kappa shape index (κ1) is 11.9. The standard InChI is InChI=1S/C11H17N3S/c1-3-8(2)7-14-10-6-9(11(12)15)4-5-13-10/h4-6,8H,3,7H2,1-2H3,(H2,12,15)(H,13,14). The predicted octanol–water partition coefficient (Wildman–Crippen LogP) is 2.17. The maximum absolute atomic E-state index is 5.54. The third kappa shape index (κ3) is 3.83. The Kier molecular flexibility index (Phi) is 4.49. The molecule has 0 aliphatic rings. The minimum absolute atomic E-state index is 0.406. The number of pyridine rings is 1. The zero-order valence-electron chi connectivity index (χ0n) is 9.16. The van der Waals surface area contributed by atoms with Gasteiger partial charge < -0.3 is 11.1 Å². The number of hydrogen-bond donors (Lipinski definition) is 2. The number of nitrogens with zero attached hydrogens (tertiary/aromatic N) is 1. The van der Waals surface area contributed by atoms with Gasteiger partial charge >= 0.3 is 0 Å².